The number of piperidine rings is 1. The number of nitrogens with one attached hydrogen (secondary N) is 1. The molecule has 1 amide bonds. The smallest absolute Gasteiger partial charge is 0.251 e. The summed E-state index contributed by atoms with van der Waals surface area (Å²) in [7, 11) is -3.75. The first-order chi connectivity index (χ1) is 13.2. The molecule has 2 N–H and O–H groups in total. The van der Waals surface area contributed by atoms with E-state index in [1.807, 2.05) is 44.2 Å². The fourth-order valence-electron chi connectivity index (χ4n) is 3.37. The first kappa shape index (κ1) is 20.5. The van der Waals surface area contributed by atoms with E-state index in [4.69, 9.17) is 0 Å². The van der Waals surface area contributed by atoms with Gasteiger partial charge < -0.3 is 10.4 Å². The molecule has 2 aromatic carbocycles. The van der Waals surface area contributed by atoms with Crippen molar-refractivity contribution in [3.8, 4) is 0 Å². The number of amides is 1. The van der Waals surface area contributed by atoms with Crippen LogP contribution in [0.1, 0.15) is 42.6 Å². The highest BCUT2D eigenvalue weighted by Gasteiger charge is 2.30. The van der Waals surface area contributed by atoms with Gasteiger partial charge in [0.25, 0.3) is 5.91 Å². The number of hydrogen-bond acceptors (Lipinski definition) is 4. The Kier molecular flexibility index (Phi) is 5.88. The van der Waals surface area contributed by atoms with Gasteiger partial charge in [-0.1, -0.05) is 36.4 Å². The van der Waals surface area contributed by atoms with E-state index in [0.717, 1.165) is 5.56 Å². The summed E-state index contributed by atoms with van der Waals surface area (Å²) >= 11 is 0. The Morgan fingerprint density at radius 1 is 1.14 bits per heavy atom. The highest BCUT2D eigenvalue weighted by atomic mass is 32.2. The molecule has 1 saturated heterocycles. The Labute approximate surface area is 166 Å². The fraction of sp³-hybridized carbons (Fsp3) is 0.381. The standard InChI is InChI=1S/C21H26N2O4S/c1-21(2,17-9-4-3-5-10-17)22-20(25)16-8-6-12-19(14-16)28(26,27)23-13-7-11-18(24)15-23/h3-6,8-10,12,14,18,24H,7,11,13,15H2,1-2H3,(H,22,25)/t18-/m0/s1. The van der Waals surface area contributed by atoms with E-state index in [1.54, 1.807) is 12.1 Å². The van der Waals surface area contributed by atoms with Crippen LogP contribution in [0.15, 0.2) is 59.5 Å². The summed E-state index contributed by atoms with van der Waals surface area (Å²) in [4.78, 5) is 12.8. The molecule has 6 nitrogen and oxygen atoms in total. The Morgan fingerprint density at radius 2 is 1.86 bits per heavy atom. The van der Waals surface area contributed by atoms with Gasteiger partial charge in [-0.3, -0.25) is 4.79 Å². The van der Waals surface area contributed by atoms with Crippen LogP contribution in [-0.4, -0.2) is 42.9 Å². The maximum atomic E-state index is 12.9. The SMILES string of the molecule is CC(C)(NC(=O)c1cccc(S(=O)(=O)N2CCC[C@H](O)C2)c1)c1ccccc1. The molecule has 0 aromatic heterocycles. The van der Waals surface area contributed by atoms with Crippen molar-refractivity contribution in [2.75, 3.05) is 13.1 Å². The van der Waals surface area contributed by atoms with Crippen LogP contribution in [0.2, 0.25) is 0 Å². The molecule has 7 heteroatoms. The van der Waals surface area contributed by atoms with Crippen molar-refractivity contribution in [1.29, 1.82) is 0 Å². The molecule has 1 fully saturated rings. The summed E-state index contributed by atoms with van der Waals surface area (Å²) < 4.78 is 27.1. The Balaban J connectivity index is 1.82. The lowest BCUT2D eigenvalue weighted by Crippen LogP contribution is -2.42. The quantitative estimate of drug-likeness (QED) is 0.805. The van der Waals surface area contributed by atoms with Crippen LogP contribution in [0.25, 0.3) is 0 Å². The van der Waals surface area contributed by atoms with Gasteiger partial charge in [-0.2, -0.15) is 4.31 Å². The van der Waals surface area contributed by atoms with Gasteiger partial charge >= 0.3 is 0 Å². The van der Waals surface area contributed by atoms with Gasteiger partial charge in [0.15, 0.2) is 0 Å². The van der Waals surface area contributed by atoms with Gasteiger partial charge in [-0.15, -0.1) is 0 Å². The summed E-state index contributed by atoms with van der Waals surface area (Å²) in [5.41, 5.74) is 0.626. The predicted molar refractivity (Wildman–Crippen MR) is 107 cm³/mol. The average molecular weight is 403 g/mol. The first-order valence-electron chi connectivity index (χ1n) is 9.36. The molecule has 28 heavy (non-hydrogen) atoms. The van der Waals surface area contributed by atoms with Crippen molar-refractivity contribution >= 4 is 15.9 Å². The molecular formula is C21H26N2O4S. The van der Waals surface area contributed by atoms with Crippen LogP contribution in [0.5, 0.6) is 0 Å². The Bertz CT molecular complexity index is 942. The van der Waals surface area contributed by atoms with Gasteiger partial charge in [0.1, 0.15) is 0 Å². The minimum absolute atomic E-state index is 0.0618. The molecule has 1 aliphatic heterocycles. The van der Waals surface area contributed by atoms with Crippen molar-refractivity contribution in [2.45, 2.75) is 43.2 Å². The minimum Gasteiger partial charge on any atom is -0.392 e. The van der Waals surface area contributed by atoms with Gasteiger partial charge in [-0.25, -0.2) is 8.42 Å². The molecular weight excluding hydrogens is 376 g/mol. The Hall–Kier alpha value is -2.22. The fourth-order valence-corrected chi connectivity index (χ4v) is 4.93. The second kappa shape index (κ2) is 8.03. The number of aliphatic hydroxyl groups is 1. The number of aliphatic hydroxyl groups excluding tert-OH is 1. The minimum atomic E-state index is -3.75. The predicted octanol–water partition coefficient (Wildman–Crippen LogP) is 2.50. The zero-order valence-electron chi connectivity index (χ0n) is 16.1. The number of hydrogen-bond donors (Lipinski definition) is 2. The number of nitrogens with zero attached hydrogens (tertiary/aromatic N) is 1. The number of sulfonamides is 1. The number of benzene rings is 2. The molecule has 1 atom stereocenters. The molecule has 0 spiro atoms. The second-order valence-corrected chi connectivity index (χ2v) is 9.57. The van der Waals surface area contributed by atoms with Crippen molar-refractivity contribution in [3.05, 3.63) is 65.7 Å². The normalized spacial score (nSPS) is 18.6. The molecule has 150 valence electrons. The van der Waals surface area contributed by atoms with E-state index >= 15 is 0 Å². The third-order valence-electron chi connectivity index (χ3n) is 5.01. The topological polar surface area (TPSA) is 86.7 Å². The Morgan fingerprint density at radius 3 is 2.54 bits per heavy atom. The molecule has 0 bridgehead atoms. The van der Waals surface area contributed by atoms with Gasteiger partial charge in [0.2, 0.25) is 10.0 Å². The molecule has 3 rings (SSSR count). The summed E-state index contributed by atoms with van der Waals surface area (Å²) in [5.74, 6) is -0.343. The summed E-state index contributed by atoms with van der Waals surface area (Å²) in [5, 5.41) is 12.8. The van der Waals surface area contributed by atoms with E-state index in [0.29, 0.717) is 19.4 Å². The zero-order valence-corrected chi connectivity index (χ0v) is 16.9. The van der Waals surface area contributed by atoms with Crippen LogP contribution in [0.4, 0.5) is 0 Å². The molecule has 0 unspecified atom stereocenters. The summed E-state index contributed by atoms with van der Waals surface area (Å²) in [6, 6.07) is 15.6. The van der Waals surface area contributed by atoms with E-state index in [-0.39, 0.29) is 22.9 Å². The van der Waals surface area contributed by atoms with Gasteiger partial charge in [0.05, 0.1) is 16.5 Å². The highest BCUT2D eigenvalue weighted by molar-refractivity contribution is 7.89. The van der Waals surface area contributed by atoms with Crippen molar-refractivity contribution in [3.63, 3.8) is 0 Å². The van der Waals surface area contributed by atoms with Crippen molar-refractivity contribution in [1.82, 2.24) is 9.62 Å². The average Bonchev–Trinajstić information content (AvgIpc) is 2.68. The molecule has 1 heterocycles. The van der Waals surface area contributed by atoms with E-state index in [2.05, 4.69) is 5.32 Å². The molecule has 0 radical (unpaired) electrons. The summed E-state index contributed by atoms with van der Waals surface area (Å²) in [6.45, 7) is 4.25. The largest absolute Gasteiger partial charge is 0.392 e. The third kappa shape index (κ3) is 4.43. The highest BCUT2D eigenvalue weighted by Crippen LogP contribution is 2.23. The lowest BCUT2D eigenvalue weighted by atomic mass is 9.94. The van der Waals surface area contributed by atoms with Crippen molar-refractivity contribution in [2.24, 2.45) is 0 Å². The maximum absolute atomic E-state index is 12.9. The lowest BCUT2D eigenvalue weighted by molar-refractivity contribution is 0.0911. The summed E-state index contributed by atoms with van der Waals surface area (Å²) in [6.07, 6.45) is 0.566. The van der Waals surface area contributed by atoms with E-state index in [1.165, 1.54) is 16.4 Å². The molecule has 2 aromatic rings. The third-order valence-corrected chi connectivity index (χ3v) is 6.88. The number of carbonyl (C=O) groups is 1. The van der Waals surface area contributed by atoms with E-state index in [9.17, 15) is 18.3 Å². The molecule has 1 aliphatic rings. The number of rotatable bonds is 5. The zero-order chi connectivity index (χ0) is 20.4. The van der Waals surface area contributed by atoms with Crippen LogP contribution >= 0.6 is 0 Å². The van der Waals surface area contributed by atoms with Crippen LogP contribution in [0.3, 0.4) is 0 Å². The second-order valence-electron chi connectivity index (χ2n) is 7.63. The number of β-amino-alcohol motifs (C(OH)–C–C–N with tert-alkyl or cyclic N) is 1. The molecule has 0 saturated carbocycles. The first-order valence-corrected chi connectivity index (χ1v) is 10.8. The van der Waals surface area contributed by atoms with Crippen LogP contribution in [-0.2, 0) is 15.6 Å². The van der Waals surface area contributed by atoms with Gasteiger partial charge in [-0.05, 0) is 50.5 Å². The maximum Gasteiger partial charge on any atom is 0.251 e. The lowest BCUT2D eigenvalue weighted by Gasteiger charge is -2.29. The van der Waals surface area contributed by atoms with Gasteiger partial charge in [0, 0.05) is 18.7 Å². The monoisotopic (exact) mass is 402 g/mol. The number of carbonyl (C=O) groups excluding carboxylic acids is 1. The van der Waals surface area contributed by atoms with Crippen LogP contribution in [0, 0.1) is 0 Å². The molecule has 0 aliphatic carbocycles. The van der Waals surface area contributed by atoms with Crippen molar-refractivity contribution < 1.29 is 18.3 Å². The van der Waals surface area contributed by atoms with E-state index < -0.39 is 21.7 Å². The van der Waals surface area contributed by atoms with Crippen LogP contribution < -0.4 is 5.32 Å².